The van der Waals surface area contributed by atoms with E-state index in [1.165, 1.54) is 16.7 Å². The van der Waals surface area contributed by atoms with E-state index in [1.807, 2.05) is 24.3 Å². The van der Waals surface area contributed by atoms with Crippen LogP contribution in [0.4, 0.5) is 5.69 Å². The number of hydrogen-bond acceptors (Lipinski definition) is 4. The summed E-state index contributed by atoms with van der Waals surface area (Å²) < 4.78 is 5.90. The van der Waals surface area contributed by atoms with Gasteiger partial charge in [-0.15, -0.1) is 0 Å². The van der Waals surface area contributed by atoms with E-state index >= 15 is 0 Å². The number of benzene rings is 3. The Labute approximate surface area is 166 Å². The Morgan fingerprint density at radius 1 is 0.821 bits per heavy atom. The highest BCUT2D eigenvalue weighted by Gasteiger charge is 2.26. The summed E-state index contributed by atoms with van der Waals surface area (Å²) in [7, 11) is 0. The second-order valence-corrected chi connectivity index (χ2v) is 7.31. The minimum Gasteiger partial charge on any atom is -0.494 e. The number of hydrogen-bond donors (Lipinski definition) is 3. The quantitative estimate of drug-likeness (QED) is 0.420. The second-order valence-electron chi connectivity index (χ2n) is 7.31. The van der Waals surface area contributed by atoms with Crippen LogP contribution in [0.5, 0.6) is 5.75 Å². The first-order chi connectivity index (χ1) is 13.8. The van der Waals surface area contributed by atoms with Crippen molar-refractivity contribution in [2.24, 2.45) is 0 Å². The van der Waals surface area contributed by atoms with Crippen molar-refractivity contribution in [3.8, 4) is 5.75 Å². The summed E-state index contributed by atoms with van der Waals surface area (Å²) in [5, 5.41) is 0. The summed E-state index contributed by atoms with van der Waals surface area (Å²) >= 11 is 0. The van der Waals surface area contributed by atoms with E-state index in [2.05, 4.69) is 65.4 Å². The first-order valence-corrected chi connectivity index (χ1v) is 9.91. The number of aryl methyl sites for hydroxylation is 1. The van der Waals surface area contributed by atoms with Crippen LogP contribution >= 0.6 is 0 Å². The van der Waals surface area contributed by atoms with Crippen molar-refractivity contribution in [2.75, 3.05) is 12.3 Å². The average Bonchev–Trinajstić information content (AvgIpc) is 3.23. The van der Waals surface area contributed by atoms with Gasteiger partial charge in [-0.05, 0) is 60.2 Å². The van der Waals surface area contributed by atoms with Crippen molar-refractivity contribution in [3.63, 3.8) is 0 Å². The monoisotopic (exact) mass is 373 g/mol. The molecule has 4 nitrogen and oxygen atoms in total. The smallest absolute Gasteiger partial charge is 0.119 e. The maximum Gasteiger partial charge on any atom is 0.119 e. The molecule has 3 aromatic rings. The lowest BCUT2D eigenvalue weighted by atomic mass is 9.97. The first-order valence-electron chi connectivity index (χ1n) is 9.91. The normalized spacial score (nSPS) is 18.9. The summed E-state index contributed by atoms with van der Waals surface area (Å²) in [4.78, 5) is 0. The van der Waals surface area contributed by atoms with E-state index in [0.29, 0.717) is 0 Å². The van der Waals surface area contributed by atoms with Crippen molar-refractivity contribution in [2.45, 2.75) is 31.3 Å². The van der Waals surface area contributed by atoms with Gasteiger partial charge in [0.25, 0.3) is 0 Å². The minimum absolute atomic E-state index is 0.266. The zero-order valence-electron chi connectivity index (χ0n) is 16.0. The zero-order chi connectivity index (χ0) is 19.2. The van der Waals surface area contributed by atoms with E-state index < -0.39 is 0 Å². The number of nitrogen functional groups attached to an aromatic ring is 1. The molecule has 1 aliphatic heterocycles. The van der Waals surface area contributed by atoms with Crippen LogP contribution in [-0.4, -0.2) is 6.61 Å². The molecule has 2 unspecified atom stereocenters. The van der Waals surface area contributed by atoms with Crippen LogP contribution in [0.3, 0.4) is 0 Å². The van der Waals surface area contributed by atoms with Crippen LogP contribution < -0.4 is 21.3 Å². The summed E-state index contributed by atoms with van der Waals surface area (Å²) in [6, 6.07) is 27.6. The standard InChI is InChI=1S/C24H27N3O/c25-21-10-4-9-20(16-21)24-17-23(26-27-24)19-11-13-22(14-12-19)28-15-5-8-18-6-2-1-3-7-18/h1-4,6-7,9-14,16,23-24,26-27H,5,8,15,17,25H2. The highest BCUT2D eigenvalue weighted by atomic mass is 16.5. The highest BCUT2D eigenvalue weighted by Crippen LogP contribution is 2.32. The Morgan fingerprint density at radius 3 is 2.32 bits per heavy atom. The Bertz CT molecular complexity index is 880. The topological polar surface area (TPSA) is 59.3 Å². The van der Waals surface area contributed by atoms with Gasteiger partial charge in [-0.2, -0.15) is 0 Å². The fourth-order valence-corrected chi connectivity index (χ4v) is 3.68. The molecule has 1 heterocycles. The van der Waals surface area contributed by atoms with E-state index in [9.17, 15) is 0 Å². The van der Waals surface area contributed by atoms with Crippen molar-refractivity contribution in [1.82, 2.24) is 10.9 Å². The van der Waals surface area contributed by atoms with Crippen LogP contribution in [-0.2, 0) is 6.42 Å². The molecule has 3 aromatic carbocycles. The molecule has 0 aromatic heterocycles. The van der Waals surface area contributed by atoms with Gasteiger partial charge in [0.1, 0.15) is 5.75 Å². The molecule has 0 aliphatic carbocycles. The van der Waals surface area contributed by atoms with Crippen LogP contribution in [0.2, 0.25) is 0 Å². The third-order valence-corrected chi connectivity index (χ3v) is 5.22. The van der Waals surface area contributed by atoms with E-state index in [1.54, 1.807) is 0 Å². The number of nitrogens with two attached hydrogens (primary N) is 1. The molecule has 4 rings (SSSR count). The summed E-state index contributed by atoms with van der Waals surface area (Å²) in [6.07, 6.45) is 3.05. The fraction of sp³-hybridized carbons (Fsp3) is 0.250. The number of hydrazine groups is 1. The Morgan fingerprint density at radius 2 is 1.57 bits per heavy atom. The van der Waals surface area contributed by atoms with Crippen LogP contribution in [0, 0.1) is 0 Å². The predicted molar refractivity (Wildman–Crippen MR) is 114 cm³/mol. The molecular weight excluding hydrogens is 346 g/mol. The van der Waals surface area contributed by atoms with E-state index in [0.717, 1.165) is 37.3 Å². The van der Waals surface area contributed by atoms with Gasteiger partial charge >= 0.3 is 0 Å². The second kappa shape index (κ2) is 8.91. The van der Waals surface area contributed by atoms with Crippen LogP contribution in [0.1, 0.15) is 41.6 Å². The molecule has 1 fully saturated rings. The van der Waals surface area contributed by atoms with Crippen LogP contribution in [0.15, 0.2) is 78.9 Å². The Balaban J connectivity index is 1.26. The Kier molecular flexibility index (Phi) is 5.90. The molecular formula is C24H27N3O. The SMILES string of the molecule is Nc1cccc(C2CC(c3ccc(OCCCc4ccccc4)cc3)NN2)c1. The van der Waals surface area contributed by atoms with Gasteiger partial charge in [-0.1, -0.05) is 54.6 Å². The molecule has 4 heteroatoms. The summed E-state index contributed by atoms with van der Waals surface area (Å²) in [5.41, 5.74) is 17.3. The molecule has 0 bridgehead atoms. The van der Waals surface area contributed by atoms with Crippen molar-refractivity contribution >= 4 is 5.69 Å². The maximum absolute atomic E-state index is 5.91. The predicted octanol–water partition coefficient (Wildman–Crippen LogP) is 4.56. The lowest BCUT2D eigenvalue weighted by Crippen LogP contribution is -2.26. The first kappa shape index (κ1) is 18.5. The largest absolute Gasteiger partial charge is 0.494 e. The maximum atomic E-state index is 5.91. The number of nitrogens with one attached hydrogen (secondary N) is 2. The molecule has 4 N–H and O–H groups in total. The number of anilines is 1. The molecule has 0 spiro atoms. The lowest BCUT2D eigenvalue weighted by Gasteiger charge is -2.12. The molecule has 1 aliphatic rings. The molecule has 1 saturated heterocycles. The lowest BCUT2D eigenvalue weighted by molar-refractivity contribution is 0.311. The zero-order valence-corrected chi connectivity index (χ0v) is 16.0. The van der Waals surface area contributed by atoms with Crippen molar-refractivity contribution in [3.05, 3.63) is 95.6 Å². The van der Waals surface area contributed by atoms with Gasteiger partial charge in [0.05, 0.1) is 6.61 Å². The van der Waals surface area contributed by atoms with Gasteiger partial charge in [0, 0.05) is 17.8 Å². The number of rotatable bonds is 7. The average molecular weight is 373 g/mol. The van der Waals surface area contributed by atoms with Crippen molar-refractivity contribution < 1.29 is 4.74 Å². The van der Waals surface area contributed by atoms with Crippen molar-refractivity contribution in [1.29, 1.82) is 0 Å². The summed E-state index contributed by atoms with van der Waals surface area (Å²) in [5.74, 6) is 0.926. The van der Waals surface area contributed by atoms with Gasteiger partial charge in [0.15, 0.2) is 0 Å². The van der Waals surface area contributed by atoms with Gasteiger partial charge in [-0.3, -0.25) is 0 Å². The molecule has 2 atom stereocenters. The molecule has 0 saturated carbocycles. The van der Waals surface area contributed by atoms with Crippen LogP contribution in [0.25, 0.3) is 0 Å². The van der Waals surface area contributed by atoms with E-state index in [-0.39, 0.29) is 12.1 Å². The Hall–Kier alpha value is -2.82. The third kappa shape index (κ3) is 4.71. The fourth-order valence-electron chi connectivity index (χ4n) is 3.68. The third-order valence-electron chi connectivity index (χ3n) is 5.22. The van der Waals surface area contributed by atoms with Gasteiger partial charge < -0.3 is 10.5 Å². The number of ether oxygens (including phenoxy) is 1. The van der Waals surface area contributed by atoms with Gasteiger partial charge in [0.2, 0.25) is 0 Å². The summed E-state index contributed by atoms with van der Waals surface area (Å²) in [6.45, 7) is 0.731. The molecule has 144 valence electrons. The van der Waals surface area contributed by atoms with E-state index in [4.69, 9.17) is 10.5 Å². The molecule has 0 amide bonds. The molecule has 28 heavy (non-hydrogen) atoms. The molecule has 0 radical (unpaired) electrons. The highest BCUT2D eigenvalue weighted by molar-refractivity contribution is 5.42. The van der Waals surface area contributed by atoms with Gasteiger partial charge in [-0.25, -0.2) is 10.9 Å². The minimum atomic E-state index is 0.266.